The predicted octanol–water partition coefficient (Wildman–Crippen LogP) is 2.57. The Balaban J connectivity index is 2.29. The highest BCUT2D eigenvalue weighted by atomic mass is 79.9. The smallest absolute Gasteiger partial charge is 0.325 e. The molecule has 1 saturated heterocycles. The molecule has 1 fully saturated rings. The molecule has 1 aromatic carbocycles. The molecule has 0 bridgehead atoms. The fourth-order valence-corrected chi connectivity index (χ4v) is 2.97. The van der Waals surface area contributed by atoms with Gasteiger partial charge in [-0.2, -0.15) is 0 Å². The van der Waals surface area contributed by atoms with Gasteiger partial charge in [0.1, 0.15) is 6.54 Å². The second-order valence-electron chi connectivity index (χ2n) is 4.31. The summed E-state index contributed by atoms with van der Waals surface area (Å²) in [5.74, 6) is -1.36. The average molecular weight is 401 g/mol. The monoisotopic (exact) mass is 400 g/mol. The van der Waals surface area contributed by atoms with E-state index in [-0.39, 0.29) is 10.6 Å². The van der Waals surface area contributed by atoms with Crippen LogP contribution >= 0.6 is 27.7 Å². The molecule has 120 valence electrons. The van der Waals surface area contributed by atoms with E-state index in [2.05, 4.69) is 20.7 Å². The average Bonchev–Trinajstić information content (AvgIpc) is 2.76. The van der Waals surface area contributed by atoms with Crippen molar-refractivity contribution >= 4 is 56.6 Å². The van der Waals surface area contributed by atoms with Gasteiger partial charge < -0.3 is 4.74 Å². The summed E-state index contributed by atoms with van der Waals surface area (Å²) in [7, 11) is 1.15. The highest BCUT2D eigenvalue weighted by Gasteiger charge is 2.36. The topological polar surface area (TPSA) is 107 Å². The van der Waals surface area contributed by atoms with Crippen LogP contribution in [0.1, 0.15) is 5.56 Å². The van der Waals surface area contributed by atoms with Crippen LogP contribution in [0, 0.1) is 10.1 Å². The van der Waals surface area contributed by atoms with E-state index in [1.54, 1.807) is 6.07 Å². The fraction of sp³-hybridized carbons (Fsp3) is 0.154. The van der Waals surface area contributed by atoms with Gasteiger partial charge >= 0.3 is 5.97 Å². The first kappa shape index (κ1) is 17.2. The number of nitrogens with zero attached hydrogens (tertiary/aromatic N) is 2. The van der Waals surface area contributed by atoms with E-state index in [0.29, 0.717) is 21.8 Å². The summed E-state index contributed by atoms with van der Waals surface area (Å²) in [4.78, 5) is 46.3. The molecular weight excluding hydrogens is 392 g/mol. The van der Waals surface area contributed by atoms with Gasteiger partial charge in [-0.1, -0.05) is 6.07 Å². The number of halogens is 1. The van der Waals surface area contributed by atoms with Gasteiger partial charge in [0.05, 0.1) is 21.4 Å². The second-order valence-corrected chi connectivity index (χ2v) is 6.16. The number of hydrogen-bond donors (Lipinski definition) is 0. The molecule has 0 aromatic heterocycles. The van der Waals surface area contributed by atoms with Gasteiger partial charge in [-0.25, -0.2) is 0 Å². The SMILES string of the molecule is COC(=O)CN1C(=O)S/C(=C\c2ccc(Br)c([N+](=O)[O-])c2)C1=O. The fourth-order valence-electron chi connectivity index (χ4n) is 1.74. The molecule has 10 heteroatoms. The Morgan fingerprint density at radius 2 is 2.17 bits per heavy atom. The number of nitro groups is 1. The van der Waals surface area contributed by atoms with Crippen molar-refractivity contribution in [2.45, 2.75) is 0 Å². The van der Waals surface area contributed by atoms with Crippen molar-refractivity contribution in [3.63, 3.8) is 0 Å². The molecule has 8 nitrogen and oxygen atoms in total. The molecule has 1 aliphatic heterocycles. The van der Waals surface area contributed by atoms with E-state index in [9.17, 15) is 24.5 Å². The lowest BCUT2D eigenvalue weighted by atomic mass is 10.2. The predicted molar refractivity (Wildman–Crippen MR) is 85.5 cm³/mol. The van der Waals surface area contributed by atoms with Gasteiger partial charge in [0.2, 0.25) is 0 Å². The lowest BCUT2D eigenvalue weighted by Crippen LogP contribution is -2.34. The number of ether oxygens (including phenoxy) is 1. The molecule has 23 heavy (non-hydrogen) atoms. The van der Waals surface area contributed by atoms with E-state index >= 15 is 0 Å². The molecule has 0 N–H and O–H groups in total. The van der Waals surface area contributed by atoms with Crippen LogP contribution in [0.2, 0.25) is 0 Å². The summed E-state index contributed by atoms with van der Waals surface area (Å²) in [6.45, 7) is -0.473. The maximum Gasteiger partial charge on any atom is 0.325 e. The number of imide groups is 1. The maximum atomic E-state index is 12.1. The Hall–Kier alpha value is -2.20. The van der Waals surface area contributed by atoms with E-state index in [0.717, 1.165) is 12.0 Å². The third kappa shape index (κ3) is 3.77. The Bertz CT molecular complexity index is 748. The number of benzene rings is 1. The summed E-state index contributed by atoms with van der Waals surface area (Å²) < 4.78 is 4.73. The first-order chi connectivity index (χ1) is 10.8. The minimum Gasteiger partial charge on any atom is -0.468 e. The highest BCUT2D eigenvalue weighted by Crippen LogP contribution is 2.33. The van der Waals surface area contributed by atoms with E-state index < -0.39 is 28.6 Å². The lowest BCUT2D eigenvalue weighted by Gasteiger charge is -2.09. The first-order valence-corrected chi connectivity index (χ1v) is 7.70. The third-order valence-electron chi connectivity index (χ3n) is 2.85. The summed E-state index contributed by atoms with van der Waals surface area (Å²) in [5.41, 5.74) is 0.232. The van der Waals surface area contributed by atoms with Gasteiger partial charge in [-0.3, -0.25) is 29.4 Å². The van der Waals surface area contributed by atoms with Crippen LogP contribution in [-0.4, -0.2) is 40.6 Å². The maximum absolute atomic E-state index is 12.1. The van der Waals surface area contributed by atoms with Gasteiger partial charge in [-0.05, 0) is 45.4 Å². The number of nitro benzene ring substituents is 1. The number of carbonyl (C=O) groups excluding carboxylic acids is 3. The molecule has 2 rings (SSSR count). The number of amides is 2. The van der Waals surface area contributed by atoms with Crippen molar-refractivity contribution in [1.82, 2.24) is 4.90 Å². The number of esters is 1. The molecule has 0 unspecified atom stereocenters. The van der Waals surface area contributed by atoms with Crippen LogP contribution in [-0.2, 0) is 14.3 Å². The lowest BCUT2D eigenvalue weighted by molar-refractivity contribution is -0.385. The van der Waals surface area contributed by atoms with E-state index in [1.165, 1.54) is 18.2 Å². The number of carbonyl (C=O) groups is 3. The van der Waals surface area contributed by atoms with Crippen molar-refractivity contribution in [1.29, 1.82) is 0 Å². The van der Waals surface area contributed by atoms with Gasteiger partial charge in [0, 0.05) is 6.07 Å². The highest BCUT2D eigenvalue weighted by molar-refractivity contribution is 9.10. The molecule has 0 saturated carbocycles. The first-order valence-electron chi connectivity index (χ1n) is 6.09. The molecule has 0 aliphatic carbocycles. The molecule has 0 atom stereocenters. The summed E-state index contributed by atoms with van der Waals surface area (Å²) in [6, 6.07) is 4.31. The van der Waals surface area contributed by atoms with Crippen LogP contribution in [0.4, 0.5) is 10.5 Å². The standard InChI is InChI=1S/C13H9BrN2O6S/c1-22-11(17)6-15-12(18)10(23-13(15)19)5-7-2-3-8(14)9(4-7)16(20)21/h2-5H,6H2,1H3/b10-5-. The molecule has 1 aromatic rings. The Morgan fingerprint density at radius 1 is 1.48 bits per heavy atom. The molecule has 1 heterocycles. The normalized spacial score (nSPS) is 16.1. The van der Waals surface area contributed by atoms with Gasteiger partial charge in [0.15, 0.2) is 0 Å². The van der Waals surface area contributed by atoms with Crippen molar-refractivity contribution in [2.75, 3.05) is 13.7 Å². The summed E-state index contributed by atoms with van der Waals surface area (Å²) in [5, 5.41) is 10.3. The molecule has 1 aliphatic rings. The largest absolute Gasteiger partial charge is 0.468 e. The molecule has 2 amide bonds. The van der Waals surface area contributed by atoms with Crippen molar-refractivity contribution in [3.05, 3.63) is 43.3 Å². The molecule has 0 radical (unpaired) electrons. The number of methoxy groups -OCH3 is 1. The van der Waals surface area contributed by atoms with Crippen molar-refractivity contribution < 1.29 is 24.0 Å². The van der Waals surface area contributed by atoms with Crippen molar-refractivity contribution in [3.8, 4) is 0 Å². The van der Waals surface area contributed by atoms with Gasteiger partial charge in [-0.15, -0.1) is 0 Å². The molecular formula is C13H9BrN2O6S. The minimum atomic E-state index is -0.715. The van der Waals surface area contributed by atoms with Crippen molar-refractivity contribution in [2.24, 2.45) is 0 Å². The zero-order chi connectivity index (χ0) is 17.1. The second kappa shape index (κ2) is 6.92. The van der Waals surface area contributed by atoms with Crippen LogP contribution in [0.25, 0.3) is 6.08 Å². The Labute approximate surface area is 142 Å². The summed E-state index contributed by atoms with van der Waals surface area (Å²) >= 11 is 3.72. The third-order valence-corrected chi connectivity index (χ3v) is 4.43. The zero-order valence-corrected chi connectivity index (χ0v) is 14.0. The van der Waals surface area contributed by atoms with Gasteiger partial charge in [0.25, 0.3) is 16.8 Å². The summed E-state index contributed by atoms with van der Waals surface area (Å²) in [6.07, 6.45) is 1.36. The van der Waals surface area contributed by atoms with E-state index in [4.69, 9.17) is 0 Å². The minimum absolute atomic E-state index is 0.0792. The quantitative estimate of drug-likeness (QED) is 0.330. The van der Waals surface area contributed by atoms with E-state index in [1.807, 2.05) is 0 Å². The number of rotatable bonds is 4. The van der Waals surface area contributed by atoms with Crippen LogP contribution in [0.15, 0.2) is 27.6 Å². The molecule has 0 spiro atoms. The van der Waals surface area contributed by atoms with Crippen LogP contribution in [0.5, 0.6) is 0 Å². The Morgan fingerprint density at radius 3 is 2.78 bits per heavy atom. The number of thioether (sulfide) groups is 1. The van der Waals surface area contributed by atoms with Crippen LogP contribution in [0.3, 0.4) is 0 Å². The zero-order valence-electron chi connectivity index (χ0n) is 11.6. The Kier molecular flexibility index (Phi) is 5.16. The van der Waals surface area contributed by atoms with Crippen LogP contribution < -0.4 is 0 Å². The number of hydrogen-bond acceptors (Lipinski definition) is 7.